The van der Waals surface area contributed by atoms with Crippen molar-refractivity contribution in [3.8, 4) is 17.2 Å². The van der Waals surface area contributed by atoms with E-state index in [2.05, 4.69) is 0 Å². The van der Waals surface area contributed by atoms with Crippen LogP contribution in [0.15, 0.2) is 42.0 Å². The molecule has 0 N–H and O–H groups in total. The van der Waals surface area contributed by atoms with Crippen LogP contribution < -0.4 is 14.2 Å². The summed E-state index contributed by atoms with van der Waals surface area (Å²) in [5.74, 6) is 1.63. The van der Waals surface area contributed by atoms with Crippen LogP contribution in [0, 0.1) is 0 Å². The molecule has 2 aromatic rings. The highest BCUT2D eigenvalue weighted by molar-refractivity contribution is 6.30. The lowest BCUT2D eigenvalue weighted by molar-refractivity contribution is 0.100. The highest BCUT2D eigenvalue weighted by Gasteiger charge is 2.27. The fourth-order valence-electron chi connectivity index (χ4n) is 2.52. The van der Waals surface area contributed by atoms with Crippen molar-refractivity contribution in [2.75, 3.05) is 13.4 Å². The number of fused-ring (bicyclic) bond motifs is 2. The first-order chi connectivity index (χ1) is 10.7. The molecule has 0 saturated heterocycles. The number of ketones is 1. The maximum atomic E-state index is 12.6. The van der Waals surface area contributed by atoms with Crippen LogP contribution in [0.2, 0.25) is 5.02 Å². The van der Waals surface area contributed by atoms with Crippen LogP contribution in [0.3, 0.4) is 0 Å². The van der Waals surface area contributed by atoms with Gasteiger partial charge in [-0.25, -0.2) is 0 Å². The summed E-state index contributed by atoms with van der Waals surface area (Å²) in [4.78, 5) is 12.6. The van der Waals surface area contributed by atoms with Crippen molar-refractivity contribution >= 4 is 23.5 Å². The van der Waals surface area contributed by atoms with Crippen LogP contribution in [0.4, 0.5) is 0 Å². The normalized spacial score (nSPS) is 17.3. The van der Waals surface area contributed by atoms with E-state index < -0.39 is 0 Å². The number of Topliss-reactive ketones (excluding diaryl/α,β-unsaturated/α-hetero) is 1. The lowest BCUT2D eigenvalue weighted by atomic mass is 9.98. The van der Waals surface area contributed by atoms with Crippen molar-refractivity contribution in [2.24, 2.45) is 0 Å². The van der Waals surface area contributed by atoms with Crippen molar-refractivity contribution in [1.29, 1.82) is 0 Å². The second-order valence-electron chi connectivity index (χ2n) is 5.04. The number of carbonyl (C=O) groups is 1. The van der Waals surface area contributed by atoms with E-state index in [9.17, 15) is 4.79 Å². The smallest absolute Gasteiger partial charge is 0.231 e. The SMILES string of the molecule is O=C1C(=Cc2cccc(Cl)c2)COc2cc3c(cc21)OCO3. The molecule has 0 radical (unpaired) electrons. The summed E-state index contributed by atoms with van der Waals surface area (Å²) in [6, 6.07) is 10.7. The van der Waals surface area contributed by atoms with Crippen LogP contribution in [0.5, 0.6) is 17.2 Å². The third kappa shape index (κ3) is 2.22. The van der Waals surface area contributed by atoms with E-state index in [4.69, 9.17) is 25.8 Å². The lowest BCUT2D eigenvalue weighted by Gasteiger charge is -2.19. The van der Waals surface area contributed by atoms with E-state index in [0.29, 0.717) is 33.4 Å². The molecule has 0 bridgehead atoms. The largest absolute Gasteiger partial charge is 0.488 e. The number of rotatable bonds is 1. The van der Waals surface area contributed by atoms with Crippen LogP contribution in [0.1, 0.15) is 15.9 Å². The number of benzene rings is 2. The Morgan fingerprint density at radius 2 is 1.82 bits per heavy atom. The molecular weight excluding hydrogens is 304 g/mol. The number of halogens is 1. The third-order valence-electron chi connectivity index (χ3n) is 3.58. The van der Waals surface area contributed by atoms with Gasteiger partial charge in [0.1, 0.15) is 12.4 Å². The van der Waals surface area contributed by atoms with Crippen molar-refractivity contribution in [2.45, 2.75) is 0 Å². The summed E-state index contributed by atoms with van der Waals surface area (Å²) in [6.45, 7) is 0.385. The first kappa shape index (κ1) is 13.2. The Morgan fingerprint density at radius 1 is 1.00 bits per heavy atom. The predicted molar refractivity (Wildman–Crippen MR) is 81.8 cm³/mol. The number of hydrogen-bond acceptors (Lipinski definition) is 4. The zero-order chi connectivity index (χ0) is 15.1. The van der Waals surface area contributed by atoms with Gasteiger partial charge in [0.2, 0.25) is 6.79 Å². The van der Waals surface area contributed by atoms with Crippen LogP contribution in [-0.2, 0) is 0 Å². The highest BCUT2D eigenvalue weighted by Crippen LogP contribution is 2.40. The van der Waals surface area contributed by atoms with Gasteiger partial charge in [-0.05, 0) is 29.8 Å². The molecule has 0 unspecified atom stereocenters. The van der Waals surface area contributed by atoms with Gasteiger partial charge in [-0.3, -0.25) is 4.79 Å². The minimum atomic E-state index is -0.0699. The van der Waals surface area contributed by atoms with Gasteiger partial charge in [0.05, 0.1) is 5.56 Å². The minimum Gasteiger partial charge on any atom is -0.488 e. The molecule has 2 heterocycles. The maximum Gasteiger partial charge on any atom is 0.231 e. The molecule has 0 aliphatic carbocycles. The number of hydrogen-bond donors (Lipinski definition) is 0. The predicted octanol–water partition coefficient (Wildman–Crippen LogP) is 3.73. The van der Waals surface area contributed by atoms with Gasteiger partial charge in [0.15, 0.2) is 17.3 Å². The van der Waals surface area contributed by atoms with Crippen LogP contribution >= 0.6 is 11.6 Å². The first-order valence-electron chi connectivity index (χ1n) is 6.78. The van der Waals surface area contributed by atoms with Gasteiger partial charge < -0.3 is 14.2 Å². The minimum absolute atomic E-state index is 0.0699. The molecular formula is C17H11ClO4. The van der Waals surface area contributed by atoms with E-state index in [0.717, 1.165) is 5.56 Å². The maximum absolute atomic E-state index is 12.6. The summed E-state index contributed by atoms with van der Waals surface area (Å²) >= 11 is 5.97. The number of ether oxygens (including phenoxy) is 3. The Hall–Kier alpha value is -2.46. The molecule has 0 saturated carbocycles. The first-order valence-corrected chi connectivity index (χ1v) is 7.16. The second-order valence-corrected chi connectivity index (χ2v) is 5.48. The molecule has 5 heteroatoms. The van der Waals surface area contributed by atoms with E-state index >= 15 is 0 Å². The fourth-order valence-corrected chi connectivity index (χ4v) is 2.72. The quantitative estimate of drug-likeness (QED) is 0.752. The molecule has 4 nitrogen and oxygen atoms in total. The van der Waals surface area contributed by atoms with Gasteiger partial charge in [-0.15, -0.1) is 0 Å². The Balaban J connectivity index is 1.73. The molecule has 0 fully saturated rings. The van der Waals surface area contributed by atoms with E-state index in [1.807, 2.05) is 12.1 Å². The van der Waals surface area contributed by atoms with Crippen molar-refractivity contribution in [1.82, 2.24) is 0 Å². The molecule has 4 rings (SSSR count). The molecule has 0 aromatic heterocycles. The molecule has 22 heavy (non-hydrogen) atoms. The topological polar surface area (TPSA) is 44.8 Å². The van der Waals surface area contributed by atoms with Gasteiger partial charge in [-0.2, -0.15) is 0 Å². The Bertz CT molecular complexity index is 810. The van der Waals surface area contributed by atoms with Crippen molar-refractivity contribution < 1.29 is 19.0 Å². The van der Waals surface area contributed by atoms with E-state index in [1.54, 1.807) is 30.3 Å². The summed E-state index contributed by atoms with van der Waals surface area (Å²) in [7, 11) is 0. The summed E-state index contributed by atoms with van der Waals surface area (Å²) in [6.07, 6.45) is 1.79. The van der Waals surface area contributed by atoms with Crippen molar-refractivity contribution in [3.05, 3.63) is 58.1 Å². The molecule has 2 aromatic carbocycles. The summed E-state index contributed by atoms with van der Waals surface area (Å²) in [5.41, 5.74) is 1.93. The molecule has 0 spiro atoms. The molecule has 2 aliphatic rings. The van der Waals surface area contributed by atoms with Crippen LogP contribution in [0.25, 0.3) is 6.08 Å². The molecule has 0 atom stereocenters. The van der Waals surface area contributed by atoms with Crippen LogP contribution in [-0.4, -0.2) is 19.2 Å². The Kier molecular flexibility index (Phi) is 3.05. The average molecular weight is 315 g/mol. The van der Waals surface area contributed by atoms with Gasteiger partial charge >= 0.3 is 0 Å². The number of carbonyl (C=O) groups excluding carboxylic acids is 1. The molecule has 0 amide bonds. The van der Waals surface area contributed by atoms with E-state index in [1.165, 1.54) is 0 Å². The zero-order valence-corrected chi connectivity index (χ0v) is 12.2. The standard InChI is InChI=1S/C17H11ClO4/c18-12-3-1-2-10(5-12)4-11-8-20-14-7-16-15(21-9-22-16)6-13(14)17(11)19/h1-7H,8-9H2. The van der Waals surface area contributed by atoms with Gasteiger partial charge in [-0.1, -0.05) is 23.7 Å². The zero-order valence-electron chi connectivity index (χ0n) is 11.5. The summed E-state index contributed by atoms with van der Waals surface area (Å²) in [5, 5.41) is 0.627. The highest BCUT2D eigenvalue weighted by atomic mass is 35.5. The van der Waals surface area contributed by atoms with Crippen molar-refractivity contribution in [3.63, 3.8) is 0 Å². The fraction of sp³-hybridized carbons (Fsp3) is 0.118. The molecule has 110 valence electrons. The second kappa shape index (κ2) is 5.07. The van der Waals surface area contributed by atoms with E-state index in [-0.39, 0.29) is 19.2 Å². The Morgan fingerprint density at radius 3 is 2.64 bits per heavy atom. The van der Waals surface area contributed by atoms with Gasteiger partial charge in [0.25, 0.3) is 0 Å². The third-order valence-corrected chi connectivity index (χ3v) is 3.82. The Labute approximate surface area is 131 Å². The monoisotopic (exact) mass is 314 g/mol. The average Bonchev–Trinajstić information content (AvgIpc) is 2.96. The van der Waals surface area contributed by atoms with Gasteiger partial charge in [0, 0.05) is 16.7 Å². The summed E-state index contributed by atoms with van der Waals surface area (Å²) < 4.78 is 16.3. The lowest BCUT2D eigenvalue weighted by Crippen LogP contribution is -2.19. The molecule has 2 aliphatic heterocycles.